The molecule has 2 rings (SSSR count). The van der Waals surface area contributed by atoms with Crippen LogP contribution in [0.2, 0.25) is 5.02 Å². The van der Waals surface area contributed by atoms with E-state index in [9.17, 15) is 0 Å². The zero-order valence-corrected chi connectivity index (χ0v) is 12.9. The standard InChI is InChI=1S/C18H19ClO/c1-13(14-5-9-16(19)10-6-14)15-7-11-17(12-8-15)20-18(2,3)4/h5-12H,1H2,2-4H3. The Kier molecular flexibility index (Phi) is 4.20. The normalized spacial score (nSPS) is 11.2. The Hall–Kier alpha value is -1.73. The number of hydrogen-bond acceptors (Lipinski definition) is 1. The van der Waals surface area contributed by atoms with Crippen molar-refractivity contribution in [3.8, 4) is 5.75 Å². The Morgan fingerprint density at radius 2 is 1.35 bits per heavy atom. The molecule has 0 bridgehead atoms. The molecular weight excluding hydrogens is 268 g/mol. The van der Waals surface area contributed by atoms with Crippen LogP contribution in [0.1, 0.15) is 31.9 Å². The van der Waals surface area contributed by atoms with Gasteiger partial charge < -0.3 is 4.74 Å². The molecule has 0 aliphatic heterocycles. The summed E-state index contributed by atoms with van der Waals surface area (Å²) in [6.07, 6.45) is 0. The number of ether oxygens (including phenoxy) is 1. The molecule has 0 heterocycles. The highest BCUT2D eigenvalue weighted by molar-refractivity contribution is 6.30. The molecule has 0 aliphatic rings. The summed E-state index contributed by atoms with van der Waals surface area (Å²) < 4.78 is 5.81. The molecule has 2 heteroatoms. The van der Waals surface area contributed by atoms with Gasteiger partial charge in [0.15, 0.2) is 0 Å². The van der Waals surface area contributed by atoms with Gasteiger partial charge in [-0.25, -0.2) is 0 Å². The molecule has 2 aromatic rings. The number of hydrogen-bond donors (Lipinski definition) is 0. The first-order chi connectivity index (χ1) is 9.35. The van der Waals surface area contributed by atoms with Crippen molar-refractivity contribution in [2.75, 3.05) is 0 Å². The highest BCUT2D eigenvalue weighted by atomic mass is 35.5. The lowest BCUT2D eigenvalue weighted by atomic mass is 10.00. The highest BCUT2D eigenvalue weighted by Gasteiger charge is 2.11. The van der Waals surface area contributed by atoms with Crippen LogP contribution in [0.4, 0.5) is 0 Å². The molecule has 0 saturated heterocycles. The SMILES string of the molecule is C=C(c1ccc(Cl)cc1)c1ccc(OC(C)(C)C)cc1. The van der Waals surface area contributed by atoms with E-state index in [0.717, 1.165) is 27.5 Å². The average Bonchev–Trinajstić information content (AvgIpc) is 2.38. The second-order valence-corrected chi connectivity index (χ2v) is 6.16. The van der Waals surface area contributed by atoms with Gasteiger partial charge in [0.1, 0.15) is 11.4 Å². The summed E-state index contributed by atoms with van der Waals surface area (Å²) in [6, 6.07) is 15.7. The molecule has 1 nitrogen and oxygen atoms in total. The zero-order valence-electron chi connectivity index (χ0n) is 12.1. The van der Waals surface area contributed by atoms with E-state index < -0.39 is 0 Å². The Labute approximate surface area is 125 Å². The summed E-state index contributed by atoms with van der Waals surface area (Å²) in [5.41, 5.74) is 2.94. The predicted octanol–water partition coefficient (Wildman–Crippen LogP) is 5.58. The Morgan fingerprint density at radius 1 is 0.900 bits per heavy atom. The van der Waals surface area contributed by atoms with Crippen LogP contribution in [0.15, 0.2) is 55.1 Å². The summed E-state index contributed by atoms with van der Waals surface area (Å²) in [4.78, 5) is 0. The average molecular weight is 287 g/mol. The van der Waals surface area contributed by atoms with E-state index >= 15 is 0 Å². The third-order valence-electron chi connectivity index (χ3n) is 2.82. The molecule has 0 aliphatic carbocycles. The molecule has 104 valence electrons. The smallest absolute Gasteiger partial charge is 0.120 e. The monoisotopic (exact) mass is 286 g/mol. The van der Waals surface area contributed by atoms with Crippen LogP contribution in [0.25, 0.3) is 5.57 Å². The van der Waals surface area contributed by atoms with Crippen molar-refractivity contribution in [2.24, 2.45) is 0 Å². The molecule has 20 heavy (non-hydrogen) atoms. The maximum atomic E-state index is 5.90. The Balaban J connectivity index is 2.17. The van der Waals surface area contributed by atoms with Gasteiger partial charge in [0.25, 0.3) is 0 Å². The van der Waals surface area contributed by atoms with Crippen LogP contribution in [0.5, 0.6) is 5.75 Å². The summed E-state index contributed by atoms with van der Waals surface area (Å²) >= 11 is 5.90. The number of rotatable bonds is 3. The highest BCUT2D eigenvalue weighted by Crippen LogP contribution is 2.26. The lowest BCUT2D eigenvalue weighted by Crippen LogP contribution is -2.22. The van der Waals surface area contributed by atoms with Crippen molar-refractivity contribution in [3.63, 3.8) is 0 Å². The molecule has 0 spiro atoms. The van der Waals surface area contributed by atoms with Crippen LogP contribution in [-0.2, 0) is 0 Å². The van der Waals surface area contributed by atoms with E-state index in [1.165, 1.54) is 0 Å². The first-order valence-electron chi connectivity index (χ1n) is 6.59. The summed E-state index contributed by atoms with van der Waals surface area (Å²) in [7, 11) is 0. The van der Waals surface area contributed by atoms with Gasteiger partial charge in [-0.15, -0.1) is 0 Å². The summed E-state index contributed by atoms with van der Waals surface area (Å²) in [6.45, 7) is 10.3. The third kappa shape index (κ3) is 3.88. The van der Waals surface area contributed by atoms with Gasteiger partial charge in [-0.1, -0.05) is 42.4 Å². The molecule has 0 radical (unpaired) electrons. The van der Waals surface area contributed by atoms with E-state index in [1.54, 1.807) is 0 Å². The van der Waals surface area contributed by atoms with E-state index in [-0.39, 0.29) is 5.60 Å². The minimum absolute atomic E-state index is 0.186. The molecular formula is C18H19ClO. The van der Waals surface area contributed by atoms with Crippen LogP contribution >= 0.6 is 11.6 Å². The minimum atomic E-state index is -0.186. The number of halogens is 1. The molecule has 0 amide bonds. The fourth-order valence-electron chi connectivity index (χ4n) is 1.90. The van der Waals surface area contributed by atoms with Gasteiger partial charge >= 0.3 is 0 Å². The molecule has 0 aromatic heterocycles. The predicted molar refractivity (Wildman–Crippen MR) is 86.4 cm³/mol. The zero-order chi connectivity index (χ0) is 14.8. The molecule has 0 fully saturated rings. The van der Waals surface area contributed by atoms with Gasteiger partial charge in [-0.3, -0.25) is 0 Å². The van der Waals surface area contributed by atoms with E-state index in [1.807, 2.05) is 69.3 Å². The lowest BCUT2D eigenvalue weighted by Gasteiger charge is -2.21. The fourth-order valence-corrected chi connectivity index (χ4v) is 2.02. The second kappa shape index (κ2) is 5.72. The van der Waals surface area contributed by atoms with Crippen molar-refractivity contribution in [3.05, 3.63) is 71.3 Å². The largest absolute Gasteiger partial charge is 0.488 e. The molecule has 0 saturated carbocycles. The maximum absolute atomic E-state index is 5.90. The summed E-state index contributed by atoms with van der Waals surface area (Å²) in [5, 5.41) is 0.732. The van der Waals surface area contributed by atoms with Gasteiger partial charge in [0, 0.05) is 5.02 Å². The van der Waals surface area contributed by atoms with Crippen molar-refractivity contribution in [1.29, 1.82) is 0 Å². The molecule has 2 aromatic carbocycles. The molecule has 0 unspecified atom stereocenters. The van der Waals surface area contributed by atoms with Gasteiger partial charge in [-0.05, 0) is 61.7 Å². The third-order valence-corrected chi connectivity index (χ3v) is 3.07. The number of benzene rings is 2. The van der Waals surface area contributed by atoms with Crippen LogP contribution in [-0.4, -0.2) is 5.60 Å². The van der Waals surface area contributed by atoms with Crippen molar-refractivity contribution < 1.29 is 4.74 Å². The van der Waals surface area contributed by atoms with E-state index in [2.05, 4.69) is 6.58 Å². The van der Waals surface area contributed by atoms with Crippen LogP contribution < -0.4 is 4.74 Å². The van der Waals surface area contributed by atoms with Gasteiger partial charge in [0.2, 0.25) is 0 Å². The second-order valence-electron chi connectivity index (χ2n) is 5.72. The molecule has 0 atom stereocenters. The van der Waals surface area contributed by atoms with Crippen LogP contribution in [0.3, 0.4) is 0 Å². The molecule has 0 N–H and O–H groups in total. The van der Waals surface area contributed by atoms with E-state index in [0.29, 0.717) is 0 Å². The minimum Gasteiger partial charge on any atom is -0.488 e. The Morgan fingerprint density at radius 3 is 1.80 bits per heavy atom. The van der Waals surface area contributed by atoms with Crippen molar-refractivity contribution in [1.82, 2.24) is 0 Å². The fraction of sp³-hybridized carbons (Fsp3) is 0.222. The first kappa shape index (κ1) is 14.7. The topological polar surface area (TPSA) is 9.23 Å². The first-order valence-corrected chi connectivity index (χ1v) is 6.97. The lowest BCUT2D eigenvalue weighted by molar-refractivity contribution is 0.131. The van der Waals surface area contributed by atoms with E-state index in [4.69, 9.17) is 16.3 Å². The van der Waals surface area contributed by atoms with Crippen molar-refractivity contribution in [2.45, 2.75) is 26.4 Å². The van der Waals surface area contributed by atoms with Crippen molar-refractivity contribution >= 4 is 17.2 Å². The maximum Gasteiger partial charge on any atom is 0.120 e. The summed E-state index contributed by atoms with van der Waals surface area (Å²) in [5.74, 6) is 0.866. The van der Waals surface area contributed by atoms with Gasteiger partial charge in [-0.2, -0.15) is 0 Å². The quantitative estimate of drug-likeness (QED) is 0.716. The van der Waals surface area contributed by atoms with Crippen LogP contribution in [0, 0.1) is 0 Å². The Bertz CT molecular complexity index is 589. The van der Waals surface area contributed by atoms with Gasteiger partial charge in [0.05, 0.1) is 0 Å².